The fraction of sp³-hybridized carbons (Fsp3) is 0.526. The Morgan fingerprint density at radius 2 is 1.05 bits per heavy atom. The Balaban J connectivity index is 2.53. The molecule has 0 saturated heterocycles. The molecule has 2 rings (SSSR count). The number of carbonyl (C=O) groups excluding carboxylic acids is 1. The van der Waals surface area contributed by atoms with E-state index in [0.29, 0.717) is 11.8 Å². The summed E-state index contributed by atoms with van der Waals surface area (Å²) in [6.07, 6.45) is 0. The number of carbonyl (C=O) groups is 1. The van der Waals surface area contributed by atoms with Crippen LogP contribution in [-0.4, -0.2) is 5.22 Å². The molecule has 2 atom stereocenters. The molecule has 0 N–H and O–H groups in total. The SMILES string of the molecule is CC1=C(C)C(C)[C]([Co]([CH]=O)[C]2=C(C)C(C)=C(C)C2C)=C1C. The summed E-state index contributed by atoms with van der Waals surface area (Å²) in [4.78, 5) is 12.0. The van der Waals surface area contributed by atoms with E-state index in [1.807, 2.05) is 0 Å². The van der Waals surface area contributed by atoms with Crippen LogP contribution < -0.4 is 0 Å². The van der Waals surface area contributed by atoms with Gasteiger partial charge in [0.05, 0.1) is 0 Å². The van der Waals surface area contributed by atoms with Gasteiger partial charge in [0.2, 0.25) is 0 Å². The van der Waals surface area contributed by atoms with Crippen LogP contribution in [0.1, 0.15) is 55.4 Å². The molecule has 2 aliphatic carbocycles. The molecule has 0 saturated carbocycles. The molecule has 0 fully saturated rings. The first-order valence-corrected chi connectivity index (χ1v) is 9.21. The Morgan fingerprint density at radius 3 is 1.24 bits per heavy atom. The number of hydrogen-bond donors (Lipinski definition) is 0. The Bertz CT molecular complexity index is 576. The van der Waals surface area contributed by atoms with Crippen molar-refractivity contribution in [1.82, 2.24) is 0 Å². The molecule has 2 unspecified atom stereocenters. The molecule has 0 aromatic carbocycles. The maximum atomic E-state index is 12.0. The second kappa shape index (κ2) is 5.73. The summed E-state index contributed by atoms with van der Waals surface area (Å²) >= 11 is -0.802. The molecule has 0 heterocycles. The maximum absolute atomic E-state index is 12.0. The van der Waals surface area contributed by atoms with Crippen LogP contribution in [0.25, 0.3) is 0 Å². The van der Waals surface area contributed by atoms with Crippen LogP contribution >= 0.6 is 0 Å². The first-order chi connectivity index (χ1) is 9.73. The molecule has 0 aromatic heterocycles. The molecule has 2 heteroatoms. The predicted molar refractivity (Wildman–Crippen MR) is 87.2 cm³/mol. The average molecular weight is 330 g/mol. The average Bonchev–Trinajstić information content (AvgIpc) is 2.77. The van der Waals surface area contributed by atoms with Gasteiger partial charge in [-0.2, -0.15) is 0 Å². The second-order valence-electron chi connectivity index (χ2n) is 6.31. The summed E-state index contributed by atoms with van der Waals surface area (Å²) < 4.78 is 2.77. The molecule has 0 amide bonds. The van der Waals surface area contributed by atoms with Gasteiger partial charge < -0.3 is 0 Å². The predicted octanol–water partition coefficient (Wildman–Crippen LogP) is 5.32. The molecular formula is C19H27CoO. The third-order valence-corrected chi connectivity index (χ3v) is 8.61. The quantitative estimate of drug-likeness (QED) is 0.641. The van der Waals surface area contributed by atoms with E-state index in [1.165, 1.54) is 47.7 Å². The van der Waals surface area contributed by atoms with Crippen molar-refractivity contribution in [3.63, 3.8) is 0 Å². The van der Waals surface area contributed by atoms with Crippen molar-refractivity contribution in [3.05, 3.63) is 42.5 Å². The van der Waals surface area contributed by atoms with Crippen LogP contribution in [0, 0.1) is 11.8 Å². The topological polar surface area (TPSA) is 17.1 Å². The van der Waals surface area contributed by atoms with Gasteiger partial charge in [0.1, 0.15) is 0 Å². The first-order valence-electron chi connectivity index (χ1n) is 7.57. The summed E-state index contributed by atoms with van der Waals surface area (Å²) in [6, 6.07) is 0. The van der Waals surface area contributed by atoms with E-state index in [2.05, 4.69) is 55.4 Å². The molecule has 0 aliphatic heterocycles. The number of rotatable bonds is 3. The summed E-state index contributed by atoms with van der Waals surface area (Å²) in [5.74, 6) is 0.822. The van der Waals surface area contributed by atoms with Crippen LogP contribution in [0.5, 0.6) is 0 Å². The van der Waals surface area contributed by atoms with E-state index >= 15 is 0 Å². The van der Waals surface area contributed by atoms with Crippen LogP contribution in [0.2, 0.25) is 0 Å². The summed E-state index contributed by atoms with van der Waals surface area (Å²) in [5.41, 5.74) is 8.34. The molecule has 21 heavy (non-hydrogen) atoms. The summed E-state index contributed by atoms with van der Waals surface area (Å²) in [6.45, 7) is 17.7. The van der Waals surface area contributed by atoms with Gasteiger partial charge in [0.25, 0.3) is 0 Å². The van der Waals surface area contributed by atoms with E-state index in [-0.39, 0.29) is 0 Å². The standard InChI is InChI=1S/2C9H13.CHO.Co/c2*1-6-5-7(2)9(4)8(6)3;1-2;/h2*6H,1-4H3;1H;. The van der Waals surface area contributed by atoms with Crippen LogP contribution in [0.3, 0.4) is 0 Å². The Hall–Kier alpha value is -0.864. The fourth-order valence-electron chi connectivity index (χ4n) is 3.35. The first kappa shape index (κ1) is 16.5. The van der Waals surface area contributed by atoms with Gasteiger partial charge in [0, 0.05) is 0 Å². The Morgan fingerprint density at radius 1 is 0.714 bits per heavy atom. The Kier molecular flexibility index (Phi) is 4.51. The van der Waals surface area contributed by atoms with Crippen LogP contribution in [-0.2, 0) is 18.4 Å². The van der Waals surface area contributed by atoms with E-state index in [1.54, 1.807) is 0 Å². The van der Waals surface area contributed by atoms with Crippen LogP contribution in [0.4, 0.5) is 0 Å². The van der Waals surface area contributed by atoms with E-state index in [4.69, 9.17) is 0 Å². The van der Waals surface area contributed by atoms with Crippen molar-refractivity contribution in [2.75, 3.05) is 0 Å². The molecule has 1 nitrogen and oxygen atoms in total. The number of allylic oxidation sites excluding steroid dienone is 8. The second-order valence-corrected chi connectivity index (χ2v) is 8.54. The van der Waals surface area contributed by atoms with Crippen molar-refractivity contribution in [1.29, 1.82) is 0 Å². The van der Waals surface area contributed by atoms with E-state index in [9.17, 15) is 4.79 Å². The van der Waals surface area contributed by atoms with Gasteiger partial charge in [0.15, 0.2) is 0 Å². The minimum atomic E-state index is -0.802. The normalized spacial score (nSPS) is 27.3. The van der Waals surface area contributed by atoms with Crippen molar-refractivity contribution in [2.45, 2.75) is 55.4 Å². The minimum absolute atomic E-state index is 0.411. The van der Waals surface area contributed by atoms with Crippen molar-refractivity contribution in [3.8, 4) is 0 Å². The van der Waals surface area contributed by atoms with Crippen LogP contribution in [0.15, 0.2) is 42.5 Å². The van der Waals surface area contributed by atoms with Crippen molar-refractivity contribution >= 4 is 5.22 Å². The zero-order chi connectivity index (χ0) is 16.1. The molecule has 0 spiro atoms. The molecule has 0 bridgehead atoms. The van der Waals surface area contributed by atoms with Gasteiger partial charge in [-0.25, -0.2) is 0 Å². The third kappa shape index (κ3) is 2.33. The van der Waals surface area contributed by atoms with Gasteiger partial charge in [-0.3, -0.25) is 0 Å². The Labute approximate surface area is 133 Å². The zero-order valence-electron chi connectivity index (χ0n) is 14.5. The monoisotopic (exact) mass is 330 g/mol. The summed E-state index contributed by atoms with van der Waals surface area (Å²) in [5, 5.41) is 1.23. The fourth-order valence-corrected chi connectivity index (χ4v) is 6.57. The van der Waals surface area contributed by atoms with E-state index < -0.39 is 13.7 Å². The van der Waals surface area contributed by atoms with Gasteiger partial charge in [-0.05, 0) is 0 Å². The van der Waals surface area contributed by atoms with Gasteiger partial charge >= 0.3 is 133 Å². The third-order valence-electron chi connectivity index (χ3n) is 5.48. The van der Waals surface area contributed by atoms with Crippen molar-refractivity contribution in [2.24, 2.45) is 11.8 Å². The summed E-state index contributed by atoms with van der Waals surface area (Å²) in [7, 11) is 0. The molecule has 0 aromatic rings. The van der Waals surface area contributed by atoms with E-state index in [0.717, 1.165) is 0 Å². The zero-order valence-corrected chi connectivity index (χ0v) is 15.5. The molecule has 0 radical (unpaired) electrons. The van der Waals surface area contributed by atoms with Crippen molar-refractivity contribution < 1.29 is 18.4 Å². The van der Waals surface area contributed by atoms with Gasteiger partial charge in [-0.1, -0.05) is 0 Å². The molecular weight excluding hydrogens is 303 g/mol. The van der Waals surface area contributed by atoms with Gasteiger partial charge in [-0.15, -0.1) is 0 Å². The molecule has 118 valence electrons. The number of hydrogen-bond acceptors (Lipinski definition) is 1. The molecule has 2 aliphatic rings.